The van der Waals surface area contributed by atoms with Crippen LogP contribution in [-0.4, -0.2) is 23.2 Å². The fourth-order valence-corrected chi connectivity index (χ4v) is 3.41. The molecule has 1 aromatic carbocycles. The number of hydrogen-bond acceptors (Lipinski definition) is 2. The number of carboxylic acid groups (broad SMARTS) is 1. The maximum atomic E-state index is 10.6. The third kappa shape index (κ3) is 3.23. The van der Waals surface area contributed by atoms with E-state index in [0.29, 0.717) is 12.1 Å². The Labute approximate surface area is 128 Å². The Balaban J connectivity index is 2.26. The van der Waals surface area contributed by atoms with Crippen LogP contribution >= 0.6 is 15.9 Å². The Morgan fingerprint density at radius 2 is 2.25 bits per heavy atom. The number of carboxylic acids is 1. The molecule has 1 fully saturated rings. The zero-order chi connectivity index (χ0) is 14.7. The number of halogens is 1. The molecular weight excluding hydrogens is 318 g/mol. The van der Waals surface area contributed by atoms with Crippen LogP contribution in [0.2, 0.25) is 0 Å². The highest BCUT2D eigenvalue weighted by Gasteiger charge is 2.29. The zero-order valence-corrected chi connectivity index (χ0v) is 13.4. The molecule has 3 nitrogen and oxygen atoms in total. The first-order valence-corrected chi connectivity index (χ1v) is 7.81. The molecule has 20 heavy (non-hydrogen) atoms. The lowest BCUT2D eigenvalue weighted by molar-refractivity contribution is -0.131. The molecule has 108 valence electrons. The van der Waals surface area contributed by atoms with Crippen LogP contribution in [0.4, 0.5) is 5.69 Å². The molecule has 0 aliphatic carbocycles. The maximum absolute atomic E-state index is 10.6. The minimum absolute atomic E-state index is 0.562. The van der Waals surface area contributed by atoms with E-state index in [9.17, 15) is 4.79 Å². The van der Waals surface area contributed by atoms with E-state index in [1.807, 2.05) is 6.07 Å². The Kier molecular flexibility index (Phi) is 4.86. The van der Waals surface area contributed by atoms with Crippen LogP contribution in [0, 0.1) is 0 Å². The molecule has 0 amide bonds. The van der Waals surface area contributed by atoms with Crippen LogP contribution in [0.1, 0.15) is 38.7 Å². The monoisotopic (exact) mass is 337 g/mol. The summed E-state index contributed by atoms with van der Waals surface area (Å²) < 4.78 is 0.932. The number of nitrogens with zero attached hydrogens (tertiary/aromatic N) is 1. The highest BCUT2D eigenvalue weighted by Crippen LogP contribution is 2.34. The summed E-state index contributed by atoms with van der Waals surface area (Å²) in [6.45, 7) is 4.50. The van der Waals surface area contributed by atoms with Gasteiger partial charge in [0.25, 0.3) is 0 Å². The van der Waals surface area contributed by atoms with Crippen LogP contribution in [-0.2, 0) is 4.79 Å². The number of anilines is 1. The van der Waals surface area contributed by atoms with Crippen molar-refractivity contribution >= 4 is 33.7 Å². The van der Waals surface area contributed by atoms with E-state index in [4.69, 9.17) is 5.11 Å². The van der Waals surface area contributed by atoms with Gasteiger partial charge in [-0.3, -0.25) is 0 Å². The Bertz CT molecular complexity index is 527. The van der Waals surface area contributed by atoms with Crippen molar-refractivity contribution in [3.8, 4) is 0 Å². The van der Waals surface area contributed by atoms with Gasteiger partial charge in [0, 0.05) is 28.3 Å². The third-order valence-corrected chi connectivity index (χ3v) is 4.63. The maximum Gasteiger partial charge on any atom is 0.328 e. The number of hydrogen-bond donors (Lipinski definition) is 1. The van der Waals surface area contributed by atoms with Gasteiger partial charge in [-0.15, -0.1) is 0 Å². The summed E-state index contributed by atoms with van der Waals surface area (Å²) in [5, 5.41) is 8.68. The number of aliphatic carboxylic acids is 1. The molecule has 0 bridgehead atoms. The SMILES string of the molecule is CCC1CCC(C)N1c1ccc(/C=C/C(=O)O)c(Br)c1. The zero-order valence-electron chi connectivity index (χ0n) is 11.8. The Morgan fingerprint density at radius 3 is 2.85 bits per heavy atom. The van der Waals surface area contributed by atoms with Crippen molar-refractivity contribution in [1.29, 1.82) is 0 Å². The van der Waals surface area contributed by atoms with Gasteiger partial charge in [-0.1, -0.05) is 28.9 Å². The predicted molar refractivity (Wildman–Crippen MR) is 86.1 cm³/mol. The van der Waals surface area contributed by atoms with E-state index in [1.165, 1.54) is 18.5 Å². The standard InChI is InChI=1S/C16H20BrNO2/c1-3-13-7-4-11(2)18(13)14-8-5-12(15(17)10-14)6-9-16(19)20/h5-6,8-11,13H,3-4,7H2,1-2H3,(H,19,20)/b9-6+. The van der Waals surface area contributed by atoms with E-state index < -0.39 is 5.97 Å². The normalized spacial score (nSPS) is 22.6. The molecule has 1 aliphatic heterocycles. The number of rotatable bonds is 4. The van der Waals surface area contributed by atoms with Gasteiger partial charge in [0.15, 0.2) is 0 Å². The van der Waals surface area contributed by atoms with E-state index in [2.05, 4.69) is 46.8 Å². The van der Waals surface area contributed by atoms with Gasteiger partial charge in [0.2, 0.25) is 0 Å². The van der Waals surface area contributed by atoms with Crippen molar-refractivity contribution in [2.75, 3.05) is 4.90 Å². The summed E-state index contributed by atoms with van der Waals surface area (Å²) >= 11 is 3.54. The van der Waals surface area contributed by atoms with Crippen molar-refractivity contribution in [3.63, 3.8) is 0 Å². The van der Waals surface area contributed by atoms with Gasteiger partial charge in [-0.2, -0.15) is 0 Å². The summed E-state index contributed by atoms with van der Waals surface area (Å²) in [5.41, 5.74) is 2.09. The fourth-order valence-electron chi connectivity index (χ4n) is 2.91. The van der Waals surface area contributed by atoms with E-state index in [1.54, 1.807) is 6.08 Å². The van der Waals surface area contributed by atoms with Gasteiger partial charge in [0.1, 0.15) is 0 Å². The average molecular weight is 338 g/mol. The van der Waals surface area contributed by atoms with Crippen molar-refractivity contribution < 1.29 is 9.90 Å². The van der Waals surface area contributed by atoms with E-state index >= 15 is 0 Å². The first-order chi connectivity index (χ1) is 9.52. The molecule has 0 aromatic heterocycles. The Morgan fingerprint density at radius 1 is 1.50 bits per heavy atom. The molecule has 1 aromatic rings. The topological polar surface area (TPSA) is 40.5 Å². The lowest BCUT2D eigenvalue weighted by Gasteiger charge is -2.30. The summed E-state index contributed by atoms with van der Waals surface area (Å²) in [6, 6.07) is 7.31. The first kappa shape index (κ1) is 15.1. The van der Waals surface area contributed by atoms with Crippen LogP contribution in [0.5, 0.6) is 0 Å². The predicted octanol–water partition coefficient (Wildman–Crippen LogP) is 4.31. The van der Waals surface area contributed by atoms with Gasteiger partial charge in [-0.25, -0.2) is 4.79 Å². The van der Waals surface area contributed by atoms with E-state index in [0.717, 1.165) is 22.5 Å². The summed E-state index contributed by atoms with van der Waals surface area (Å²) in [4.78, 5) is 13.1. The highest BCUT2D eigenvalue weighted by molar-refractivity contribution is 9.10. The molecule has 0 radical (unpaired) electrons. The van der Waals surface area contributed by atoms with Gasteiger partial charge >= 0.3 is 5.97 Å². The van der Waals surface area contributed by atoms with Crippen LogP contribution in [0.25, 0.3) is 6.08 Å². The lowest BCUT2D eigenvalue weighted by atomic mass is 10.1. The lowest BCUT2D eigenvalue weighted by Crippen LogP contribution is -2.34. The van der Waals surface area contributed by atoms with Crippen LogP contribution < -0.4 is 4.90 Å². The summed E-state index contributed by atoms with van der Waals surface area (Å²) in [7, 11) is 0. The number of benzene rings is 1. The summed E-state index contributed by atoms with van der Waals surface area (Å²) in [6.07, 6.45) is 6.41. The van der Waals surface area contributed by atoms with Crippen molar-refractivity contribution in [2.24, 2.45) is 0 Å². The highest BCUT2D eigenvalue weighted by atomic mass is 79.9. The minimum Gasteiger partial charge on any atom is -0.478 e. The third-order valence-electron chi connectivity index (χ3n) is 3.94. The second kappa shape index (κ2) is 6.44. The minimum atomic E-state index is -0.930. The second-order valence-electron chi connectivity index (χ2n) is 5.27. The van der Waals surface area contributed by atoms with Crippen LogP contribution in [0.3, 0.4) is 0 Å². The first-order valence-electron chi connectivity index (χ1n) is 7.01. The molecule has 1 saturated heterocycles. The van der Waals surface area contributed by atoms with Crippen molar-refractivity contribution in [1.82, 2.24) is 0 Å². The van der Waals surface area contributed by atoms with Crippen molar-refractivity contribution in [2.45, 2.75) is 45.2 Å². The molecule has 1 N–H and O–H groups in total. The van der Waals surface area contributed by atoms with Gasteiger partial charge < -0.3 is 10.0 Å². The molecule has 2 atom stereocenters. The molecule has 4 heteroatoms. The molecule has 2 rings (SSSR count). The van der Waals surface area contributed by atoms with Gasteiger partial charge in [0.05, 0.1) is 0 Å². The average Bonchev–Trinajstić information content (AvgIpc) is 2.78. The molecule has 1 heterocycles. The molecule has 1 aliphatic rings. The van der Waals surface area contributed by atoms with Crippen LogP contribution in [0.15, 0.2) is 28.7 Å². The molecular formula is C16H20BrNO2. The smallest absolute Gasteiger partial charge is 0.328 e. The molecule has 0 saturated carbocycles. The number of carbonyl (C=O) groups is 1. The van der Waals surface area contributed by atoms with Gasteiger partial charge in [-0.05, 0) is 50.0 Å². The molecule has 0 spiro atoms. The molecule has 2 unspecified atom stereocenters. The van der Waals surface area contributed by atoms with E-state index in [-0.39, 0.29) is 0 Å². The quantitative estimate of drug-likeness (QED) is 0.832. The summed E-state index contributed by atoms with van der Waals surface area (Å²) in [5.74, 6) is -0.930. The van der Waals surface area contributed by atoms with Crippen molar-refractivity contribution in [3.05, 3.63) is 34.3 Å². The second-order valence-corrected chi connectivity index (χ2v) is 6.13. The Hall–Kier alpha value is -1.29. The largest absolute Gasteiger partial charge is 0.478 e. The fraction of sp³-hybridized carbons (Fsp3) is 0.438.